The van der Waals surface area contributed by atoms with E-state index in [9.17, 15) is 22.0 Å². The zero-order valence-corrected chi connectivity index (χ0v) is 14.5. The average molecular weight is 388 g/mol. The molecule has 0 aliphatic rings. The summed E-state index contributed by atoms with van der Waals surface area (Å²) in [5, 5.41) is 0. The van der Waals surface area contributed by atoms with E-state index in [-0.39, 0.29) is 12.0 Å². The fraction of sp³-hybridized carbons (Fsp3) is 0.136. The molecule has 0 unspecified atom stereocenters. The van der Waals surface area contributed by atoms with E-state index in [4.69, 9.17) is 6.57 Å². The van der Waals surface area contributed by atoms with Crippen LogP contribution in [-0.2, 0) is 18.1 Å². The quantitative estimate of drug-likeness (QED) is 0.454. The average Bonchev–Trinajstić information content (AvgIpc) is 2.66. The highest BCUT2D eigenvalue weighted by Gasteiger charge is 2.47. The van der Waals surface area contributed by atoms with Crippen LogP contribution in [0.5, 0.6) is 0 Å². The summed E-state index contributed by atoms with van der Waals surface area (Å²) >= 11 is 0. The smallest absolute Gasteiger partial charge is 0.207 e. The molecule has 0 N–H and O–H groups in total. The molecule has 0 aliphatic carbocycles. The molecule has 0 aromatic heterocycles. The van der Waals surface area contributed by atoms with Crippen LogP contribution in [0.15, 0.2) is 72.8 Å². The molecule has 0 aliphatic heterocycles. The van der Waals surface area contributed by atoms with Crippen molar-refractivity contribution in [2.45, 2.75) is 18.1 Å². The molecular weight excluding hydrogens is 373 g/mol. The maximum absolute atomic E-state index is 14.1. The number of alkyl halides is 3. The lowest BCUT2D eigenvalue weighted by molar-refractivity contribution is -0.137. The number of benzene rings is 3. The molecule has 0 spiro atoms. The third kappa shape index (κ3) is 3.89. The number of rotatable bonds is 4. The SMILES string of the molecule is C#[N+][C@](Cc1ccccc1)(c1ccc(F)cc1)c1cc(F)cc(C(F)(F)F)c1. The van der Waals surface area contributed by atoms with Gasteiger partial charge in [-0.25, -0.2) is 8.78 Å². The molecule has 0 amide bonds. The first kappa shape index (κ1) is 19.6. The molecule has 3 aromatic rings. The van der Waals surface area contributed by atoms with Gasteiger partial charge in [0.25, 0.3) is 6.57 Å². The molecule has 0 heterocycles. The van der Waals surface area contributed by atoms with E-state index in [1.807, 2.05) is 0 Å². The van der Waals surface area contributed by atoms with E-state index in [0.717, 1.165) is 29.8 Å². The van der Waals surface area contributed by atoms with Gasteiger partial charge in [0, 0.05) is 11.1 Å². The third-order valence-electron chi connectivity index (χ3n) is 4.55. The molecule has 0 saturated carbocycles. The van der Waals surface area contributed by atoms with E-state index in [0.29, 0.717) is 11.6 Å². The van der Waals surface area contributed by atoms with E-state index >= 15 is 0 Å². The van der Waals surface area contributed by atoms with Crippen LogP contribution in [-0.4, -0.2) is 0 Å². The molecule has 3 rings (SSSR count). The van der Waals surface area contributed by atoms with Crippen LogP contribution >= 0.6 is 0 Å². The standard InChI is InChI=1S/C22H15F5N/c1-28-21(14-15-5-3-2-4-6-15,16-7-9-19(23)10-8-16)17-11-18(22(25,26)27)13-20(24)12-17/h1-13H,14H2/q+1/t21-/m1/s1. The minimum absolute atomic E-state index is 0.0662. The normalized spacial score (nSPS) is 13.6. The van der Waals surface area contributed by atoms with Crippen molar-refractivity contribution in [2.75, 3.05) is 0 Å². The predicted octanol–water partition coefficient (Wildman–Crippen LogP) is 6.43. The van der Waals surface area contributed by atoms with Gasteiger partial charge in [-0.3, -0.25) is 0 Å². The van der Waals surface area contributed by atoms with Crippen LogP contribution in [0.4, 0.5) is 22.0 Å². The van der Waals surface area contributed by atoms with Gasteiger partial charge in [0.05, 0.1) is 12.0 Å². The van der Waals surface area contributed by atoms with E-state index < -0.39 is 28.9 Å². The van der Waals surface area contributed by atoms with Gasteiger partial charge in [0.1, 0.15) is 11.6 Å². The Morgan fingerprint density at radius 1 is 0.714 bits per heavy atom. The molecule has 0 saturated heterocycles. The van der Waals surface area contributed by atoms with Crippen molar-refractivity contribution >= 4 is 0 Å². The van der Waals surface area contributed by atoms with Crippen molar-refractivity contribution in [2.24, 2.45) is 0 Å². The van der Waals surface area contributed by atoms with E-state index in [1.165, 1.54) is 12.1 Å². The largest absolute Gasteiger partial charge is 0.416 e. The van der Waals surface area contributed by atoms with Crippen molar-refractivity contribution in [3.63, 3.8) is 0 Å². The zero-order valence-electron chi connectivity index (χ0n) is 14.5. The topological polar surface area (TPSA) is 4.36 Å². The Balaban J connectivity index is 2.26. The maximum atomic E-state index is 14.1. The second-order valence-corrected chi connectivity index (χ2v) is 6.38. The number of hydrogen-bond donors (Lipinski definition) is 0. The summed E-state index contributed by atoms with van der Waals surface area (Å²) in [7, 11) is 0. The van der Waals surface area contributed by atoms with Gasteiger partial charge in [-0.1, -0.05) is 35.2 Å². The van der Waals surface area contributed by atoms with Crippen LogP contribution in [0, 0.1) is 18.2 Å². The van der Waals surface area contributed by atoms with E-state index in [2.05, 4.69) is 4.85 Å². The molecule has 1 atom stereocenters. The molecule has 1 nitrogen and oxygen atoms in total. The minimum Gasteiger partial charge on any atom is -0.207 e. The van der Waals surface area contributed by atoms with Crippen molar-refractivity contribution in [3.8, 4) is 6.57 Å². The highest BCUT2D eigenvalue weighted by atomic mass is 19.4. The van der Waals surface area contributed by atoms with Gasteiger partial charge >= 0.3 is 11.7 Å². The first-order valence-corrected chi connectivity index (χ1v) is 8.35. The van der Waals surface area contributed by atoms with Gasteiger partial charge in [-0.05, 0) is 48.0 Å². The highest BCUT2D eigenvalue weighted by molar-refractivity contribution is 5.46. The Hall–Kier alpha value is -3.20. The monoisotopic (exact) mass is 388 g/mol. The first-order valence-electron chi connectivity index (χ1n) is 8.35. The summed E-state index contributed by atoms with van der Waals surface area (Å²) < 4.78 is 67.3. The number of halogens is 5. The second-order valence-electron chi connectivity index (χ2n) is 6.38. The lowest BCUT2D eigenvalue weighted by Gasteiger charge is -2.21. The molecule has 28 heavy (non-hydrogen) atoms. The fourth-order valence-electron chi connectivity index (χ4n) is 3.17. The summed E-state index contributed by atoms with van der Waals surface area (Å²) in [5.74, 6) is -1.59. The molecule has 6 heteroatoms. The Morgan fingerprint density at radius 3 is 1.89 bits per heavy atom. The van der Waals surface area contributed by atoms with Gasteiger partial charge < -0.3 is 0 Å². The van der Waals surface area contributed by atoms with Crippen LogP contribution < -0.4 is 0 Å². The van der Waals surface area contributed by atoms with Gasteiger partial charge in [-0.15, -0.1) is 0 Å². The van der Waals surface area contributed by atoms with Crippen molar-refractivity contribution < 1.29 is 22.0 Å². The number of nitrogens with zero attached hydrogens (tertiary/aromatic N) is 1. The highest BCUT2D eigenvalue weighted by Crippen LogP contribution is 2.40. The van der Waals surface area contributed by atoms with Crippen molar-refractivity contribution in [3.05, 3.63) is 112 Å². The van der Waals surface area contributed by atoms with Gasteiger partial charge in [-0.2, -0.15) is 13.2 Å². The molecule has 0 bridgehead atoms. The van der Waals surface area contributed by atoms with Crippen molar-refractivity contribution in [1.29, 1.82) is 0 Å². The van der Waals surface area contributed by atoms with Crippen molar-refractivity contribution in [1.82, 2.24) is 0 Å². The van der Waals surface area contributed by atoms with Crippen LogP contribution in [0.3, 0.4) is 0 Å². The third-order valence-corrected chi connectivity index (χ3v) is 4.55. The molecule has 0 radical (unpaired) electrons. The van der Waals surface area contributed by atoms with Crippen LogP contribution in [0.25, 0.3) is 4.85 Å². The molecule has 3 aromatic carbocycles. The summed E-state index contributed by atoms with van der Waals surface area (Å²) in [6, 6.07) is 16.1. The summed E-state index contributed by atoms with van der Waals surface area (Å²) in [6.07, 6.45) is -4.68. The second kappa shape index (κ2) is 7.43. The lowest BCUT2D eigenvalue weighted by atomic mass is 9.78. The Kier molecular flexibility index (Phi) is 5.19. The number of hydrogen-bond acceptors (Lipinski definition) is 0. The first-order chi connectivity index (χ1) is 13.2. The summed E-state index contributed by atoms with van der Waals surface area (Å²) in [5.41, 5.74) is -1.68. The Labute approximate surface area is 158 Å². The summed E-state index contributed by atoms with van der Waals surface area (Å²) in [4.78, 5) is 3.89. The van der Waals surface area contributed by atoms with Gasteiger partial charge in [0.2, 0.25) is 0 Å². The maximum Gasteiger partial charge on any atom is 0.416 e. The summed E-state index contributed by atoms with van der Waals surface area (Å²) in [6.45, 7) is 5.69. The lowest BCUT2D eigenvalue weighted by Crippen LogP contribution is -2.27. The van der Waals surface area contributed by atoms with Gasteiger partial charge in [0.15, 0.2) is 0 Å². The van der Waals surface area contributed by atoms with Crippen LogP contribution in [0.2, 0.25) is 0 Å². The fourth-order valence-corrected chi connectivity index (χ4v) is 3.17. The van der Waals surface area contributed by atoms with Crippen LogP contribution in [0.1, 0.15) is 22.3 Å². The molecule has 0 fully saturated rings. The Bertz CT molecular complexity index is 1000. The predicted molar refractivity (Wildman–Crippen MR) is 97.0 cm³/mol. The Morgan fingerprint density at radius 2 is 1.32 bits per heavy atom. The zero-order chi connectivity index (χ0) is 20.4. The molecular formula is C22H15F5N+. The van der Waals surface area contributed by atoms with E-state index in [1.54, 1.807) is 30.3 Å². The minimum atomic E-state index is -4.74. The molecule has 142 valence electrons.